The van der Waals surface area contributed by atoms with Crippen LogP contribution in [0.1, 0.15) is 22.7 Å². The summed E-state index contributed by atoms with van der Waals surface area (Å²) in [5, 5.41) is 2.40. The minimum Gasteiger partial charge on any atom is -0.493 e. The van der Waals surface area contributed by atoms with Gasteiger partial charge in [-0.05, 0) is 29.8 Å². The summed E-state index contributed by atoms with van der Waals surface area (Å²) in [6, 6.07) is 13.4. The lowest BCUT2D eigenvalue weighted by Crippen LogP contribution is -2.87. The molecule has 4 nitrogen and oxygen atoms in total. The topological polar surface area (TPSA) is 38.3 Å². The number of fused-ring (bicyclic) bond motifs is 1. The minimum absolute atomic E-state index is 0.315. The van der Waals surface area contributed by atoms with Crippen LogP contribution in [0.5, 0.6) is 11.5 Å². The quantitative estimate of drug-likeness (QED) is 0.938. The van der Waals surface area contributed by atoms with Crippen molar-refractivity contribution in [3.05, 3.63) is 53.1 Å². The molecule has 0 saturated carbocycles. The van der Waals surface area contributed by atoms with E-state index in [0.29, 0.717) is 6.04 Å². The lowest BCUT2D eigenvalue weighted by Gasteiger charge is -2.26. The van der Waals surface area contributed by atoms with Gasteiger partial charge in [-0.1, -0.05) is 12.1 Å². The molecular weight excluding hydrogens is 288 g/mol. The molecule has 122 valence electrons. The first-order valence-electron chi connectivity index (χ1n) is 7.99. The molecule has 1 aliphatic rings. The Morgan fingerprint density at radius 3 is 2.26 bits per heavy atom. The van der Waals surface area contributed by atoms with Crippen molar-refractivity contribution in [1.82, 2.24) is 0 Å². The molecule has 0 amide bonds. The molecule has 0 saturated heterocycles. The van der Waals surface area contributed by atoms with Crippen molar-refractivity contribution >= 4 is 5.69 Å². The Bertz CT molecular complexity index is 681. The van der Waals surface area contributed by atoms with E-state index < -0.39 is 0 Å². The van der Waals surface area contributed by atoms with Gasteiger partial charge in [0.2, 0.25) is 0 Å². The molecule has 0 radical (unpaired) electrons. The Balaban J connectivity index is 2.00. The number of hydrogen-bond acceptors (Lipinski definition) is 3. The average molecular weight is 313 g/mol. The van der Waals surface area contributed by atoms with E-state index >= 15 is 0 Å². The first-order valence-corrected chi connectivity index (χ1v) is 7.99. The van der Waals surface area contributed by atoms with E-state index in [4.69, 9.17) is 9.47 Å². The van der Waals surface area contributed by atoms with Crippen LogP contribution in [-0.4, -0.2) is 34.9 Å². The Kier molecular flexibility index (Phi) is 4.44. The number of benzene rings is 2. The predicted molar refractivity (Wildman–Crippen MR) is 92.7 cm³/mol. The van der Waals surface area contributed by atoms with E-state index in [2.05, 4.69) is 60.7 Å². The first-order chi connectivity index (χ1) is 11.1. The highest BCUT2D eigenvalue weighted by Gasteiger charge is 2.27. The summed E-state index contributed by atoms with van der Waals surface area (Å²) in [6.45, 7) is 1.09. The SMILES string of the molecule is COc1cc2c(cc1OC)[C@@H](c1ccc(N(C)C)cc1)[NH2+]CC2. The third-order valence-electron chi connectivity index (χ3n) is 4.57. The molecule has 1 atom stereocenters. The smallest absolute Gasteiger partial charge is 0.161 e. The van der Waals surface area contributed by atoms with E-state index in [9.17, 15) is 0 Å². The second kappa shape index (κ2) is 6.50. The maximum absolute atomic E-state index is 5.49. The highest BCUT2D eigenvalue weighted by Crippen LogP contribution is 2.35. The van der Waals surface area contributed by atoms with Gasteiger partial charge in [0.25, 0.3) is 0 Å². The van der Waals surface area contributed by atoms with Gasteiger partial charge in [-0.15, -0.1) is 0 Å². The average Bonchev–Trinajstić information content (AvgIpc) is 2.60. The van der Waals surface area contributed by atoms with Gasteiger partial charge in [0, 0.05) is 37.3 Å². The fourth-order valence-corrected chi connectivity index (χ4v) is 3.27. The summed E-state index contributed by atoms with van der Waals surface area (Å²) in [6.07, 6.45) is 1.06. The van der Waals surface area contributed by atoms with Crippen LogP contribution in [0.3, 0.4) is 0 Å². The molecular formula is C19H25N2O2+. The molecule has 2 aromatic rings. The number of ether oxygens (including phenoxy) is 2. The van der Waals surface area contributed by atoms with Crippen LogP contribution in [-0.2, 0) is 6.42 Å². The number of nitrogens with zero attached hydrogens (tertiary/aromatic N) is 1. The van der Waals surface area contributed by atoms with Crippen LogP contribution in [0.4, 0.5) is 5.69 Å². The number of rotatable bonds is 4. The first kappa shape index (κ1) is 15.7. The fourth-order valence-electron chi connectivity index (χ4n) is 3.27. The lowest BCUT2D eigenvalue weighted by molar-refractivity contribution is -0.690. The van der Waals surface area contributed by atoms with Crippen molar-refractivity contribution in [3.63, 3.8) is 0 Å². The number of methoxy groups -OCH3 is 2. The van der Waals surface area contributed by atoms with Gasteiger partial charge in [-0.25, -0.2) is 0 Å². The zero-order valence-corrected chi connectivity index (χ0v) is 14.3. The van der Waals surface area contributed by atoms with Crippen molar-refractivity contribution in [2.45, 2.75) is 12.5 Å². The van der Waals surface area contributed by atoms with Crippen molar-refractivity contribution in [2.24, 2.45) is 0 Å². The molecule has 0 bridgehead atoms. The van der Waals surface area contributed by atoms with Crippen LogP contribution in [0.25, 0.3) is 0 Å². The molecule has 4 heteroatoms. The second-order valence-electron chi connectivity index (χ2n) is 6.14. The Labute approximate surface area is 138 Å². The minimum atomic E-state index is 0.315. The van der Waals surface area contributed by atoms with Crippen molar-refractivity contribution in [3.8, 4) is 11.5 Å². The van der Waals surface area contributed by atoms with E-state index in [1.807, 2.05) is 0 Å². The molecule has 0 unspecified atom stereocenters. The largest absolute Gasteiger partial charge is 0.493 e. The maximum atomic E-state index is 5.49. The Morgan fingerprint density at radius 1 is 1.00 bits per heavy atom. The number of quaternary nitrogens is 1. The molecule has 23 heavy (non-hydrogen) atoms. The van der Waals surface area contributed by atoms with E-state index in [0.717, 1.165) is 24.5 Å². The van der Waals surface area contributed by atoms with Gasteiger partial charge < -0.3 is 19.7 Å². The van der Waals surface area contributed by atoms with E-state index in [1.54, 1.807) is 14.2 Å². The molecule has 2 aromatic carbocycles. The summed E-state index contributed by atoms with van der Waals surface area (Å²) in [5.74, 6) is 1.62. The standard InChI is InChI=1S/C19H24N2O2/c1-21(2)15-7-5-13(6-8-15)19-16-12-18(23-4)17(22-3)11-14(16)9-10-20-19/h5-8,11-12,19-20H,9-10H2,1-4H3/p+1/t19-/m1/s1. The zero-order chi connectivity index (χ0) is 16.4. The predicted octanol–water partition coefficient (Wildman–Crippen LogP) is 1.98. The second-order valence-corrected chi connectivity index (χ2v) is 6.14. The van der Waals surface area contributed by atoms with Gasteiger partial charge >= 0.3 is 0 Å². The van der Waals surface area contributed by atoms with Crippen LogP contribution in [0.2, 0.25) is 0 Å². The molecule has 0 aliphatic carbocycles. The van der Waals surface area contributed by atoms with Crippen LogP contribution in [0.15, 0.2) is 36.4 Å². The molecule has 2 N–H and O–H groups in total. The highest BCUT2D eigenvalue weighted by molar-refractivity contribution is 5.52. The molecule has 0 fully saturated rings. The summed E-state index contributed by atoms with van der Waals surface area (Å²) >= 11 is 0. The zero-order valence-electron chi connectivity index (χ0n) is 14.3. The summed E-state index contributed by atoms with van der Waals surface area (Å²) < 4.78 is 10.9. The van der Waals surface area contributed by atoms with Gasteiger partial charge in [0.1, 0.15) is 6.04 Å². The monoisotopic (exact) mass is 313 g/mol. The van der Waals surface area contributed by atoms with E-state index in [1.165, 1.54) is 22.4 Å². The van der Waals surface area contributed by atoms with Gasteiger partial charge in [0.05, 0.1) is 20.8 Å². The van der Waals surface area contributed by atoms with Gasteiger partial charge in [-0.2, -0.15) is 0 Å². The lowest BCUT2D eigenvalue weighted by atomic mass is 9.89. The summed E-state index contributed by atoms with van der Waals surface area (Å²) in [7, 11) is 7.51. The molecule has 1 aliphatic heterocycles. The third-order valence-corrected chi connectivity index (χ3v) is 4.57. The molecule has 0 aromatic heterocycles. The number of nitrogens with two attached hydrogens (primary N) is 1. The Hall–Kier alpha value is -2.20. The van der Waals surface area contributed by atoms with Gasteiger partial charge in [0.15, 0.2) is 11.5 Å². The normalized spacial score (nSPS) is 16.6. The number of anilines is 1. The maximum Gasteiger partial charge on any atom is 0.161 e. The van der Waals surface area contributed by atoms with Gasteiger partial charge in [-0.3, -0.25) is 0 Å². The summed E-state index contributed by atoms with van der Waals surface area (Å²) in [5.41, 5.74) is 5.22. The Morgan fingerprint density at radius 2 is 1.65 bits per heavy atom. The molecule has 0 spiro atoms. The molecule has 1 heterocycles. The van der Waals surface area contributed by atoms with E-state index in [-0.39, 0.29) is 0 Å². The number of hydrogen-bond donors (Lipinski definition) is 1. The van der Waals surface area contributed by atoms with Crippen LogP contribution < -0.4 is 19.7 Å². The molecule has 3 rings (SSSR count). The van der Waals surface area contributed by atoms with Crippen LogP contribution in [0, 0.1) is 0 Å². The summed E-state index contributed by atoms with van der Waals surface area (Å²) in [4.78, 5) is 2.12. The van der Waals surface area contributed by atoms with Crippen LogP contribution >= 0.6 is 0 Å². The van der Waals surface area contributed by atoms with Crippen molar-refractivity contribution in [1.29, 1.82) is 0 Å². The highest BCUT2D eigenvalue weighted by atomic mass is 16.5. The van der Waals surface area contributed by atoms with Crippen molar-refractivity contribution in [2.75, 3.05) is 39.8 Å². The van der Waals surface area contributed by atoms with Crippen molar-refractivity contribution < 1.29 is 14.8 Å². The fraction of sp³-hybridized carbons (Fsp3) is 0.368. The third kappa shape index (κ3) is 2.99.